The molecule has 1 aliphatic rings. The SMILES string of the molecule is Nc1ncccc1C(=O)Nc1cccc2c1CCCC2. The highest BCUT2D eigenvalue weighted by molar-refractivity contribution is 6.07. The minimum absolute atomic E-state index is 0.199. The number of carbonyl (C=O) groups is 1. The monoisotopic (exact) mass is 267 g/mol. The van der Waals surface area contributed by atoms with E-state index in [0.29, 0.717) is 5.56 Å². The number of fused-ring (bicyclic) bond motifs is 1. The Hall–Kier alpha value is -2.36. The molecule has 1 amide bonds. The zero-order valence-corrected chi connectivity index (χ0v) is 11.2. The highest BCUT2D eigenvalue weighted by Crippen LogP contribution is 2.28. The molecular formula is C16H17N3O. The van der Waals surface area contributed by atoms with Crippen LogP contribution in [-0.4, -0.2) is 10.9 Å². The smallest absolute Gasteiger partial charge is 0.259 e. The number of nitrogens with one attached hydrogen (secondary N) is 1. The number of hydrogen-bond donors (Lipinski definition) is 2. The van der Waals surface area contributed by atoms with Crippen LogP contribution in [0.2, 0.25) is 0 Å². The Morgan fingerprint density at radius 1 is 1.15 bits per heavy atom. The Kier molecular flexibility index (Phi) is 3.37. The predicted molar refractivity (Wildman–Crippen MR) is 79.7 cm³/mol. The number of amides is 1. The molecule has 0 saturated heterocycles. The number of anilines is 2. The van der Waals surface area contributed by atoms with Crippen LogP contribution < -0.4 is 11.1 Å². The lowest BCUT2D eigenvalue weighted by Gasteiger charge is -2.19. The van der Waals surface area contributed by atoms with Crippen molar-refractivity contribution in [2.24, 2.45) is 0 Å². The lowest BCUT2D eigenvalue weighted by molar-refractivity contribution is 0.102. The zero-order valence-electron chi connectivity index (χ0n) is 11.2. The van der Waals surface area contributed by atoms with Gasteiger partial charge in [-0.3, -0.25) is 4.79 Å². The van der Waals surface area contributed by atoms with Crippen LogP contribution in [0.15, 0.2) is 36.5 Å². The van der Waals surface area contributed by atoms with Gasteiger partial charge in [-0.2, -0.15) is 0 Å². The summed E-state index contributed by atoms with van der Waals surface area (Å²) >= 11 is 0. The number of nitrogen functional groups attached to an aromatic ring is 1. The summed E-state index contributed by atoms with van der Waals surface area (Å²) < 4.78 is 0. The average Bonchev–Trinajstić information content (AvgIpc) is 2.48. The van der Waals surface area contributed by atoms with E-state index < -0.39 is 0 Å². The van der Waals surface area contributed by atoms with Crippen molar-refractivity contribution in [2.45, 2.75) is 25.7 Å². The topological polar surface area (TPSA) is 68.0 Å². The van der Waals surface area contributed by atoms with E-state index in [2.05, 4.69) is 16.4 Å². The number of benzene rings is 1. The molecule has 102 valence electrons. The van der Waals surface area contributed by atoms with Crippen LogP contribution in [0.25, 0.3) is 0 Å². The van der Waals surface area contributed by atoms with Gasteiger partial charge in [0.15, 0.2) is 0 Å². The molecule has 0 spiro atoms. The molecule has 2 aromatic rings. The Morgan fingerprint density at radius 2 is 2.00 bits per heavy atom. The van der Waals surface area contributed by atoms with Crippen LogP contribution in [0.5, 0.6) is 0 Å². The first kappa shape index (κ1) is 12.7. The standard InChI is InChI=1S/C16H17N3O/c17-15-13(8-4-10-18-15)16(20)19-14-9-3-6-11-5-1-2-7-12(11)14/h3-4,6,8-10H,1-2,5,7H2,(H2,17,18)(H,19,20). The van der Waals surface area contributed by atoms with Crippen LogP contribution in [0, 0.1) is 0 Å². The van der Waals surface area contributed by atoms with Gasteiger partial charge in [0, 0.05) is 11.9 Å². The van der Waals surface area contributed by atoms with Gasteiger partial charge in [0.25, 0.3) is 5.91 Å². The van der Waals surface area contributed by atoms with Crippen LogP contribution in [0.4, 0.5) is 11.5 Å². The number of hydrogen-bond acceptors (Lipinski definition) is 3. The molecular weight excluding hydrogens is 250 g/mol. The minimum atomic E-state index is -0.199. The van der Waals surface area contributed by atoms with Crippen LogP contribution in [0.1, 0.15) is 34.3 Å². The van der Waals surface area contributed by atoms with Gasteiger partial charge in [0.1, 0.15) is 5.82 Å². The molecule has 0 saturated carbocycles. The summed E-state index contributed by atoms with van der Waals surface area (Å²) in [6, 6.07) is 9.49. The minimum Gasteiger partial charge on any atom is -0.383 e. The highest BCUT2D eigenvalue weighted by atomic mass is 16.1. The molecule has 0 radical (unpaired) electrons. The van der Waals surface area contributed by atoms with Gasteiger partial charge in [0.05, 0.1) is 5.56 Å². The summed E-state index contributed by atoms with van der Waals surface area (Å²) in [5, 5.41) is 2.97. The Morgan fingerprint density at radius 3 is 2.85 bits per heavy atom. The van der Waals surface area contributed by atoms with Gasteiger partial charge < -0.3 is 11.1 Å². The number of nitrogens with two attached hydrogens (primary N) is 1. The number of aromatic nitrogens is 1. The second-order valence-corrected chi connectivity index (χ2v) is 5.04. The van der Waals surface area contributed by atoms with Crippen molar-refractivity contribution in [1.29, 1.82) is 0 Å². The summed E-state index contributed by atoms with van der Waals surface area (Å²) in [5.74, 6) is 0.0596. The Bertz CT molecular complexity index is 652. The van der Waals surface area contributed by atoms with E-state index in [1.807, 2.05) is 12.1 Å². The maximum atomic E-state index is 12.3. The van der Waals surface area contributed by atoms with Gasteiger partial charge in [-0.15, -0.1) is 0 Å². The number of carbonyl (C=O) groups excluding carboxylic acids is 1. The third kappa shape index (κ3) is 2.37. The number of aryl methyl sites for hydroxylation is 1. The van der Waals surface area contributed by atoms with Crippen molar-refractivity contribution >= 4 is 17.4 Å². The maximum Gasteiger partial charge on any atom is 0.259 e. The largest absolute Gasteiger partial charge is 0.383 e. The van der Waals surface area contributed by atoms with E-state index in [1.165, 1.54) is 24.0 Å². The summed E-state index contributed by atoms with van der Waals surface area (Å²) in [5.41, 5.74) is 9.66. The maximum absolute atomic E-state index is 12.3. The van der Waals surface area contributed by atoms with Gasteiger partial charge in [-0.1, -0.05) is 12.1 Å². The Labute approximate surface area is 118 Å². The number of rotatable bonds is 2. The fourth-order valence-corrected chi connectivity index (χ4v) is 2.70. The lowest BCUT2D eigenvalue weighted by atomic mass is 9.90. The summed E-state index contributed by atoms with van der Waals surface area (Å²) in [6.07, 6.45) is 6.09. The normalized spacial score (nSPS) is 13.6. The molecule has 0 bridgehead atoms. The second kappa shape index (κ2) is 5.33. The molecule has 1 aromatic heterocycles. The first-order valence-corrected chi connectivity index (χ1v) is 6.88. The number of pyridine rings is 1. The summed E-state index contributed by atoms with van der Waals surface area (Å²) in [4.78, 5) is 16.2. The van der Waals surface area contributed by atoms with Crippen LogP contribution >= 0.6 is 0 Å². The van der Waals surface area contributed by atoms with Crippen LogP contribution in [0.3, 0.4) is 0 Å². The van der Waals surface area contributed by atoms with E-state index in [0.717, 1.165) is 18.5 Å². The van der Waals surface area contributed by atoms with E-state index in [4.69, 9.17) is 5.73 Å². The molecule has 4 nitrogen and oxygen atoms in total. The van der Waals surface area contributed by atoms with Crippen molar-refractivity contribution in [3.8, 4) is 0 Å². The molecule has 3 N–H and O–H groups in total. The van der Waals surface area contributed by atoms with E-state index >= 15 is 0 Å². The second-order valence-electron chi connectivity index (χ2n) is 5.04. The number of nitrogens with zero attached hydrogens (tertiary/aromatic N) is 1. The highest BCUT2D eigenvalue weighted by Gasteiger charge is 2.16. The Balaban J connectivity index is 1.89. The third-order valence-corrected chi connectivity index (χ3v) is 3.73. The molecule has 4 heteroatoms. The fraction of sp³-hybridized carbons (Fsp3) is 0.250. The van der Waals surface area contributed by atoms with Crippen molar-refractivity contribution in [2.75, 3.05) is 11.1 Å². The molecule has 0 atom stereocenters. The van der Waals surface area contributed by atoms with E-state index in [9.17, 15) is 4.79 Å². The first-order valence-electron chi connectivity index (χ1n) is 6.88. The average molecular weight is 267 g/mol. The molecule has 0 fully saturated rings. The summed E-state index contributed by atoms with van der Waals surface area (Å²) in [7, 11) is 0. The molecule has 0 aliphatic heterocycles. The third-order valence-electron chi connectivity index (χ3n) is 3.73. The quantitative estimate of drug-likeness (QED) is 0.879. The molecule has 0 unspecified atom stereocenters. The lowest BCUT2D eigenvalue weighted by Crippen LogP contribution is -2.17. The van der Waals surface area contributed by atoms with Crippen molar-refractivity contribution < 1.29 is 4.79 Å². The zero-order chi connectivity index (χ0) is 13.9. The van der Waals surface area contributed by atoms with E-state index in [-0.39, 0.29) is 11.7 Å². The predicted octanol–water partition coefficient (Wildman–Crippen LogP) is 2.79. The molecule has 1 heterocycles. The van der Waals surface area contributed by atoms with E-state index in [1.54, 1.807) is 18.3 Å². The first-order chi connectivity index (χ1) is 9.75. The van der Waals surface area contributed by atoms with Gasteiger partial charge >= 0.3 is 0 Å². The molecule has 1 aliphatic carbocycles. The molecule has 20 heavy (non-hydrogen) atoms. The molecule has 1 aromatic carbocycles. The van der Waals surface area contributed by atoms with Crippen molar-refractivity contribution in [1.82, 2.24) is 4.98 Å². The van der Waals surface area contributed by atoms with Gasteiger partial charge in [0.2, 0.25) is 0 Å². The van der Waals surface area contributed by atoms with Crippen molar-refractivity contribution in [3.05, 3.63) is 53.2 Å². The fourth-order valence-electron chi connectivity index (χ4n) is 2.70. The van der Waals surface area contributed by atoms with Crippen LogP contribution in [-0.2, 0) is 12.8 Å². The van der Waals surface area contributed by atoms with Gasteiger partial charge in [-0.25, -0.2) is 4.98 Å². The van der Waals surface area contributed by atoms with Gasteiger partial charge in [-0.05, 0) is 55.0 Å². The summed E-state index contributed by atoms with van der Waals surface area (Å²) in [6.45, 7) is 0. The molecule has 3 rings (SSSR count). The van der Waals surface area contributed by atoms with Crippen molar-refractivity contribution in [3.63, 3.8) is 0 Å².